The van der Waals surface area contributed by atoms with Gasteiger partial charge in [-0.3, -0.25) is 9.52 Å². The molecule has 1 saturated carbocycles. The summed E-state index contributed by atoms with van der Waals surface area (Å²) >= 11 is 0. The highest BCUT2D eigenvalue weighted by molar-refractivity contribution is 7.92. The number of anilines is 1. The molecule has 160 valence electrons. The van der Waals surface area contributed by atoms with Gasteiger partial charge in [-0.1, -0.05) is 18.2 Å². The monoisotopic (exact) mass is 437 g/mol. The number of ether oxygens (including phenoxy) is 1. The van der Waals surface area contributed by atoms with Gasteiger partial charge in [-0.25, -0.2) is 13.4 Å². The third-order valence-electron chi connectivity index (χ3n) is 4.86. The summed E-state index contributed by atoms with van der Waals surface area (Å²) in [5, 5.41) is 2.92. The molecule has 0 aliphatic heterocycles. The van der Waals surface area contributed by atoms with Crippen LogP contribution in [-0.4, -0.2) is 25.4 Å². The molecule has 1 aliphatic rings. The lowest BCUT2D eigenvalue weighted by Gasteiger charge is -2.13. The molecule has 0 spiro atoms. The molecule has 0 bridgehead atoms. The Kier molecular flexibility index (Phi) is 5.65. The highest BCUT2D eigenvalue weighted by atomic mass is 32.2. The van der Waals surface area contributed by atoms with Crippen LogP contribution in [0.5, 0.6) is 11.6 Å². The Morgan fingerprint density at radius 1 is 1.06 bits per heavy atom. The Hall–Kier alpha value is -3.39. The van der Waals surface area contributed by atoms with Crippen molar-refractivity contribution >= 4 is 21.6 Å². The third kappa shape index (κ3) is 5.03. The van der Waals surface area contributed by atoms with E-state index in [1.807, 2.05) is 13.0 Å². The number of carbonyl (C=O) groups is 1. The maximum atomic E-state index is 12.9. The van der Waals surface area contributed by atoms with Gasteiger partial charge in [-0.05, 0) is 68.1 Å². The summed E-state index contributed by atoms with van der Waals surface area (Å²) in [4.78, 5) is 16.9. The van der Waals surface area contributed by atoms with Gasteiger partial charge in [0.25, 0.3) is 15.9 Å². The van der Waals surface area contributed by atoms with Crippen molar-refractivity contribution in [2.45, 2.75) is 37.6 Å². The molecule has 4 rings (SSSR count). The van der Waals surface area contributed by atoms with Crippen LogP contribution in [0.4, 0.5) is 5.69 Å². The summed E-state index contributed by atoms with van der Waals surface area (Å²) in [6, 6.07) is 15.3. The first-order chi connectivity index (χ1) is 14.8. The largest absolute Gasteiger partial charge is 0.438 e. The number of pyridine rings is 1. The third-order valence-corrected chi connectivity index (χ3v) is 6.39. The Morgan fingerprint density at radius 3 is 2.65 bits per heavy atom. The molecule has 0 atom stereocenters. The maximum absolute atomic E-state index is 12.9. The molecule has 8 heteroatoms. The van der Waals surface area contributed by atoms with Gasteiger partial charge in [-0.15, -0.1) is 0 Å². The summed E-state index contributed by atoms with van der Waals surface area (Å²) in [5.41, 5.74) is 2.19. The van der Waals surface area contributed by atoms with Crippen molar-refractivity contribution in [3.05, 3.63) is 77.5 Å². The minimum Gasteiger partial charge on any atom is -0.438 e. The van der Waals surface area contributed by atoms with Crippen LogP contribution in [0.1, 0.15) is 34.3 Å². The number of benzene rings is 2. The number of amides is 1. The van der Waals surface area contributed by atoms with E-state index in [2.05, 4.69) is 15.0 Å². The van der Waals surface area contributed by atoms with Crippen molar-refractivity contribution in [1.82, 2.24) is 10.3 Å². The van der Waals surface area contributed by atoms with Crippen LogP contribution < -0.4 is 14.8 Å². The highest BCUT2D eigenvalue weighted by Gasteiger charge is 2.25. The van der Waals surface area contributed by atoms with Crippen LogP contribution in [0, 0.1) is 13.8 Å². The molecule has 1 aliphatic carbocycles. The number of aryl methyl sites for hydroxylation is 2. The number of carbonyl (C=O) groups excluding carboxylic acids is 1. The molecule has 3 aromatic rings. The summed E-state index contributed by atoms with van der Waals surface area (Å²) in [7, 11) is -3.77. The zero-order valence-corrected chi connectivity index (χ0v) is 18.1. The van der Waals surface area contributed by atoms with Crippen LogP contribution in [-0.2, 0) is 10.0 Å². The molecule has 31 heavy (non-hydrogen) atoms. The zero-order valence-electron chi connectivity index (χ0n) is 17.3. The van der Waals surface area contributed by atoms with E-state index in [0.29, 0.717) is 22.6 Å². The number of rotatable bonds is 7. The average molecular weight is 438 g/mol. The molecule has 0 saturated heterocycles. The van der Waals surface area contributed by atoms with E-state index >= 15 is 0 Å². The van der Waals surface area contributed by atoms with Gasteiger partial charge in [0.1, 0.15) is 11.3 Å². The lowest BCUT2D eigenvalue weighted by atomic mass is 10.2. The van der Waals surface area contributed by atoms with Gasteiger partial charge in [-0.2, -0.15) is 0 Å². The second-order valence-electron chi connectivity index (χ2n) is 7.61. The topological polar surface area (TPSA) is 97.4 Å². The Bertz CT molecular complexity index is 1240. The van der Waals surface area contributed by atoms with Gasteiger partial charge in [0, 0.05) is 18.3 Å². The van der Waals surface area contributed by atoms with Crippen LogP contribution in [0.15, 0.2) is 65.7 Å². The molecule has 0 radical (unpaired) electrons. The van der Waals surface area contributed by atoms with Gasteiger partial charge in [0.05, 0.1) is 10.6 Å². The predicted octanol–water partition coefficient (Wildman–Crippen LogP) is 4.18. The molecule has 1 heterocycles. The normalized spacial score (nSPS) is 13.5. The first-order valence-corrected chi connectivity index (χ1v) is 11.4. The van der Waals surface area contributed by atoms with Crippen LogP contribution in [0.25, 0.3) is 0 Å². The second kappa shape index (κ2) is 8.39. The number of nitrogens with zero attached hydrogens (tertiary/aromatic N) is 1. The highest BCUT2D eigenvalue weighted by Crippen LogP contribution is 2.28. The lowest BCUT2D eigenvalue weighted by molar-refractivity contribution is 0.0948. The quantitative estimate of drug-likeness (QED) is 0.578. The zero-order chi connectivity index (χ0) is 22.0. The molecular formula is C23H23N3O4S. The summed E-state index contributed by atoms with van der Waals surface area (Å²) in [6.07, 6.45) is 3.49. The lowest BCUT2D eigenvalue weighted by Crippen LogP contribution is -2.25. The molecule has 2 N–H and O–H groups in total. The van der Waals surface area contributed by atoms with E-state index < -0.39 is 10.0 Å². The fraction of sp³-hybridized carbons (Fsp3) is 0.217. The molecule has 7 nitrogen and oxygen atoms in total. The molecule has 1 aromatic heterocycles. The predicted molar refractivity (Wildman–Crippen MR) is 118 cm³/mol. The summed E-state index contributed by atoms with van der Waals surface area (Å²) in [6.45, 7) is 3.60. The fourth-order valence-corrected chi connectivity index (χ4v) is 4.46. The number of aromatic nitrogens is 1. The van der Waals surface area contributed by atoms with Gasteiger partial charge < -0.3 is 10.1 Å². The smallest absolute Gasteiger partial charge is 0.262 e. The summed E-state index contributed by atoms with van der Waals surface area (Å²) < 4.78 is 34.2. The van der Waals surface area contributed by atoms with E-state index in [4.69, 9.17) is 4.74 Å². The standard InChI is InChI=1S/C23H23N3O4S/c1-15-8-9-16(2)21(13-15)31(28,29)26-18-5-3-6-19(14-18)30-23-20(7-4-12-24-23)22(27)25-17-10-11-17/h3-9,12-14,17,26H,10-11H2,1-2H3,(H,25,27). The first kappa shape index (κ1) is 20.9. The Morgan fingerprint density at radius 2 is 1.87 bits per heavy atom. The maximum Gasteiger partial charge on any atom is 0.262 e. The van der Waals surface area contributed by atoms with Crippen molar-refractivity contribution < 1.29 is 17.9 Å². The molecule has 0 unspecified atom stereocenters. The number of hydrogen-bond donors (Lipinski definition) is 2. The van der Waals surface area contributed by atoms with E-state index in [-0.39, 0.29) is 22.7 Å². The molecule has 1 amide bonds. The van der Waals surface area contributed by atoms with Gasteiger partial charge >= 0.3 is 0 Å². The Balaban J connectivity index is 1.56. The van der Waals surface area contributed by atoms with E-state index in [0.717, 1.165) is 18.4 Å². The van der Waals surface area contributed by atoms with E-state index in [1.165, 1.54) is 6.20 Å². The van der Waals surface area contributed by atoms with Crippen molar-refractivity contribution in [1.29, 1.82) is 0 Å². The van der Waals surface area contributed by atoms with Crippen molar-refractivity contribution in [3.8, 4) is 11.6 Å². The molecule has 1 fully saturated rings. The fourth-order valence-electron chi connectivity index (χ4n) is 3.08. The minimum atomic E-state index is -3.77. The van der Waals surface area contributed by atoms with E-state index in [9.17, 15) is 13.2 Å². The number of hydrogen-bond acceptors (Lipinski definition) is 5. The Labute approximate surface area is 181 Å². The van der Waals surface area contributed by atoms with Crippen LogP contribution in [0.3, 0.4) is 0 Å². The van der Waals surface area contributed by atoms with Crippen molar-refractivity contribution in [2.24, 2.45) is 0 Å². The number of nitrogens with one attached hydrogen (secondary N) is 2. The minimum absolute atomic E-state index is 0.162. The van der Waals surface area contributed by atoms with Crippen LogP contribution in [0.2, 0.25) is 0 Å². The SMILES string of the molecule is Cc1ccc(C)c(S(=O)(=O)Nc2cccc(Oc3ncccc3C(=O)NC3CC3)c2)c1. The molecule has 2 aromatic carbocycles. The van der Waals surface area contributed by atoms with Crippen molar-refractivity contribution in [2.75, 3.05) is 4.72 Å². The van der Waals surface area contributed by atoms with Crippen molar-refractivity contribution in [3.63, 3.8) is 0 Å². The number of sulfonamides is 1. The first-order valence-electron chi connectivity index (χ1n) is 9.96. The van der Waals surface area contributed by atoms with Crippen LogP contribution >= 0.6 is 0 Å². The average Bonchev–Trinajstić information content (AvgIpc) is 3.54. The van der Waals surface area contributed by atoms with Gasteiger partial charge in [0.15, 0.2) is 0 Å². The second-order valence-corrected chi connectivity index (χ2v) is 9.26. The summed E-state index contributed by atoms with van der Waals surface area (Å²) in [5.74, 6) is 0.285. The van der Waals surface area contributed by atoms with E-state index in [1.54, 1.807) is 55.5 Å². The van der Waals surface area contributed by atoms with Gasteiger partial charge in [0.2, 0.25) is 5.88 Å². The molecular weight excluding hydrogens is 414 g/mol.